The highest BCUT2D eigenvalue weighted by Crippen LogP contribution is 2.27. The number of aromatic nitrogens is 3. The van der Waals surface area contributed by atoms with Gasteiger partial charge in [-0.05, 0) is 29.8 Å². The highest BCUT2D eigenvalue weighted by molar-refractivity contribution is 7.15. The van der Waals surface area contributed by atoms with Crippen molar-refractivity contribution in [2.24, 2.45) is 4.99 Å². The molecule has 0 aliphatic rings. The van der Waals surface area contributed by atoms with E-state index >= 15 is 0 Å². The minimum Gasteiger partial charge on any atom is -0.258 e. The Kier molecular flexibility index (Phi) is 4.19. The van der Waals surface area contributed by atoms with Crippen molar-refractivity contribution in [3.8, 4) is 11.3 Å². The normalized spacial score (nSPS) is 11.4. The highest BCUT2D eigenvalue weighted by atomic mass is 35.5. The van der Waals surface area contributed by atoms with Crippen LogP contribution in [0.5, 0.6) is 0 Å². The van der Waals surface area contributed by atoms with Crippen molar-refractivity contribution in [3.63, 3.8) is 0 Å². The molecule has 7 nitrogen and oxygen atoms in total. The van der Waals surface area contributed by atoms with E-state index in [1.807, 2.05) is 17.5 Å². The molecule has 9 heteroatoms. The van der Waals surface area contributed by atoms with E-state index in [0.717, 1.165) is 16.8 Å². The van der Waals surface area contributed by atoms with E-state index in [9.17, 15) is 10.1 Å². The first kappa shape index (κ1) is 16.4. The molecule has 0 fully saturated rings. The Bertz CT molecular complexity index is 1120. The number of aliphatic imine (C=N–C) groups is 1. The SMILES string of the molecule is O=[N+]([O-])c1ccc(-c2csc3nc(N=Cc4ccc(Cl)cc4)nn23)cc1. The van der Waals surface area contributed by atoms with Crippen molar-refractivity contribution in [1.29, 1.82) is 0 Å². The summed E-state index contributed by atoms with van der Waals surface area (Å²) < 4.78 is 1.68. The number of halogens is 1. The number of rotatable bonds is 4. The van der Waals surface area contributed by atoms with Crippen LogP contribution in [0.3, 0.4) is 0 Å². The maximum absolute atomic E-state index is 10.8. The molecule has 2 heterocycles. The zero-order valence-corrected chi connectivity index (χ0v) is 14.7. The summed E-state index contributed by atoms with van der Waals surface area (Å²) in [6.45, 7) is 0. The Morgan fingerprint density at radius 2 is 1.88 bits per heavy atom. The number of nitro groups is 1. The first-order chi connectivity index (χ1) is 12.6. The topological polar surface area (TPSA) is 85.7 Å². The summed E-state index contributed by atoms with van der Waals surface area (Å²) in [7, 11) is 0. The number of nitrogens with zero attached hydrogens (tertiary/aromatic N) is 5. The summed E-state index contributed by atoms with van der Waals surface area (Å²) in [4.78, 5) is 19.7. The van der Waals surface area contributed by atoms with Crippen LogP contribution in [0.15, 0.2) is 58.9 Å². The summed E-state index contributed by atoms with van der Waals surface area (Å²) in [6.07, 6.45) is 1.67. The van der Waals surface area contributed by atoms with Gasteiger partial charge in [-0.2, -0.15) is 4.98 Å². The van der Waals surface area contributed by atoms with E-state index in [1.54, 1.807) is 35.0 Å². The molecular weight excluding hydrogens is 374 g/mol. The molecule has 4 rings (SSSR count). The lowest BCUT2D eigenvalue weighted by molar-refractivity contribution is -0.384. The second-order valence-corrected chi connectivity index (χ2v) is 6.61. The maximum Gasteiger partial charge on any atom is 0.269 e. The Morgan fingerprint density at radius 3 is 2.58 bits per heavy atom. The molecule has 0 spiro atoms. The van der Waals surface area contributed by atoms with E-state index in [2.05, 4.69) is 15.1 Å². The Labute approximate surface area is 156 Å². The number of fused-ring (bicyclic) bond motifs is 1. The molecule has 0 aliphatic carbocycles. The van der Waals surface area contributed by atoms with Gasteiger partial charge in [0.25, 0.3) is 11.6 Å². The van der Waals surface area contributed by atoms with E-state index in [0.29, 0.717) is 15.9 Å². The first-order valence-corrected chi connectivity index (χ1v) is 8.75. The van der Waals surface area contributed by atoms with Gasteiger partial charge in [-0.3, -0.25) is 10.1 Å². The van der Waals surface area contributed by atoms with Gasteiger partial charge in [0.1, 0.15) is 0 Å². The van der Waals surface area contributed by atoms with Crippen LogP contribution in [0, 0.1) is 10.1 Å². The van der Waals surface area contributed by atoms with Crippen molar-refractivity contribution in [3.05, 3.63) is 74.6 Å². The summed E-state index contributed by atoms with van der Waals surface area (Å²) in [5.74, 6) is 0.343. The van der Waals surface area contributed by atoms with Gasteiger partial charge >= 0.3 is 0 Å². The Hall–Kier alpha value is -3.10. The average Bonchev–Trinajstić information content (AvgIpc) is 3.21. The van der Waals surface area contributed by atoms with E-state index in [-0.39, 0.29) is 5.69 Å². The third-order valence-corrected chi connectivity index (χ3v) is 4.71. The van der Waals surface area contributed by atoms with Gasteiger partial charge in [0.2, 0.25) is 4.96 Å². The maximum atomic E-state index is 10.8. The molecule has 2 aromatic carbocycles. The summed E-state index contributed by atoms with van der Waals surface area (Å²) in [6, 6.07) is 13.6. The van der Waals surface area contributed by atoms with Crippen LogP contribution in [0.2, 0.25) is 5.02 Å². The minimum atomic E-state index is -0.425. The van der Waals surface area contributed by atoms with Crippen LogP contribution in [-0.2, 0) is 0 Å². The van der Waals surface area contributed by atoms with Crippen molar-refractivity contribution in [2.45, 2.75) is 0 Å². The summed E-state index contributed by atoms with van der Waals surface area (Å²) in [5, 5.41) is 17.7. The highest BCUT2D eigenvalue weighted by Gasteiger charge is 2.12. The predicted octanol–water partition coefficient (Wildman–Crippen LogP) is 4.77. The zero-order valence-electron chi connectivity index (χ0n) is 13.1. The van der Waals surface area contributed by atoms with Crippen LogP contribution in [0.1, 0.15) is 5.56 Å². The van der Waals surface area contributed by atoms with Crippen molar-refractivity contribution in [1.82, 2.24) is 14.6 Å². The third kappa shape index (κ3) is 3.19. The monoisotopic (exact) mass is 383 g/mol. The minimum absolute atomic E-state index is 0.0482. The zero-order chi connectivity index (χ0) is 18.1. The van der Waals surface area contributed by atoms with Gasteiger partial charge in [0, 0.05) is 34.3 Å². The first-order valence-electron chi connectivity index (χ1n) is 7.49. The largest absolute Gasteiger partial charge is 0.269 e. The fraction of sp³-hybridized carbons (Fsp3) is 0. The lowest BCUT2D eigenvalue weighted by atomic mass is 10.1. The molecule has 26 heavy (non-hydrogen) atoms. The van der Waals surface area contributed by atoms with Gasteiger partial charge in [-0.25, -0.2) is 9.51 Å². The third-order valence-electron chi connectivity index (χ3n) is 3.64. The molecule has 128 valence electrons. The average molecular weight is 384 g/mol. The molecule has 0 amide bonds. The predicted molar refractivity (Wildman–Crippen MR) is 102 cm³/mol. The van der Waals surface area contributed by atoms with E-state index < -0.39 is 4.92 Å². The van der Waals surface area contributed by atoms with E-state index in [1.165, 1.54) is 23.5 Å². The number of benzene rings is 2. The van der Waals surface area contributed by atoms with Gasteiger partial charge in [-0.15, -0.1) is 16.4 Å². The number of nitro benzene ring substituents is 1. The standard InChI is InChI=1S/C17H10ClN5O2S/c18-13-5-1-11(2-6-13)9-19-16-20-17-22(21-16)15(10-26-17)12-3-7-14(8-4-12)23(24)25/h1-10H. The number of thiazole rings is 1. The number of hydrogen-bond acceptors (Lipinski definition) is 6. The van der Waals surface area contributed by atoms with Crippen LogP contribution >= 0.6 is 22.9 Å². The van der Waals surface area contributed by atoms with Crippen molar-refractivity contribution < 1.29 is 4.92 Å². The molecule has 4 aromatic rings. The quantitative estimate of drug-likeness (QED) is 0.288. The molecule has 0 aliphatic heterocycles. The molecule has 0 saturated carbocycles. The fourth-order valence-electron chi connectivity index (χ4n) is 2.36. The Morgan fingerprint density at radius 1 is 1.15 bits per heavy atom. The smallest absolute Gasteiger partial charge is 0.258 e. The van der Waals surface area contributed by atoms with E-state index in [4.69, 9.17) is 11.6 Å². The molecule has 0 N–H and O–H groups in total. The van der Waals surface area contributed by atoms with Crippen LogP contribution < -0.4 is 0 Å². The van der Waals surface area contributed by atoms with Crippen LogP contribution in [-0.4, -0.2) is 25.7 Å². The molecule has 0 bridgehead atoms. The lowest BCUT2D eigenvalue weighted by Gasteiger charge is -1.98. The summed E-state index contributed by atoms with van der Waals surface area (Å²) >= 11 is 7.29. The Balaban J connectivity index is 1.64. The second-order valence-electron chi connectivity index (χ2n) is 5.34. The van der Waals surface area contributed by atoms with Gasteiger partial charge in [0.05, 0.1) is 10.6 Å². The molecule has 2 aromatic heterocycles. The molecular formula is C17H10ClN5O2S. The summed E-state index contributed by atoms with van der Waals surface area (Å²) in [5.41, 5.74) is 2.57. The molecule has 0 saturated heterocycles. The van der Waals surface area contributed by atoms with Crippen LogP contribution in [0.4, 0.5) is 11.6 Å². The molecule has 0 radical (unpaired) electrons. The van der Waals surface area contributed by atoms with Crippen molar-refractivity contribution >= 4 is 45.7 Å². The van der Waals surface area contributed by atoms with Gasteiger partial charge < -0.3 is 0 Å². The van der Waals surface area contributed by atoms with Gasteiger partial charge in [0.15, 0.2) is 0 Å². The van der Waals surface area contributed by atoms with Crippen LogP contribution in [0.25, 0.3) is 16.2 Å². The molecule has 0 unspecified atom stereocenters. The number of hydrogen-bond donors (Lipinski definition) is 0. The fourth-order valence-corrected chi connectivity index (χ4v) is 3.31. The lowest BCUT2D eigenvalue weighted by Crippen LogP contribution is -1.90. The number of non-ortho nitro benzene ring substituents is 1. The second kappa shape index (κ2) is 6.66. The van der Waals surface area contributed by atoms with Gasteiger partial charge in [-0.1, -0.05) is 23.7 Å². The molecule has 0 atom stereocenters. The van der Waals surface area contributed by atoms with Crippen molar-refractivity contribution in [2.75, 3.05) is 0 Å².